The highest BCUT2D eigenvalue weighted by Gasteiger charge is 2.22. The Morgan fingerprint density at radius 1 is 1.00 bits per heavy atom. The Kier molecular flexibility index (Phi) is 6.84. The van der Waals surface area contributed by atoms with E-state index in [1.54, 1.807) is 0 Å². The number of allylic oxidation sites excluding steroid dienone is 1. The molecule has 3 rings (SSSR count). The summed E-state index contributed by atoms with van der Waals surface area (Å²) in [5.74, 6) is -0.578. The molecular weight excluding hydrogens is 462 g/mol. The Hall–Kier alpha value is -2.77. The summed E-state index contributed by atoms with van der Waals surface area (Å²) >= 11 is 4.72. The molecule has 7 heteroatoms. The van der Waals surface area contributed by atoms with Crippen molar-refractivity contribution in [2.75, 3.05) is 10.6 Å². The molecule has 0 aliphatic heterocycles. The van der Waals surface area contributed by atoms with E-state index >= 15 is 0 Å². The molecule has 2 aromatic carbocycles. The van der Waals surface area contributed by atoms with Crippen molar-refractivity contribution in [1.82, 2.24) is 4.98 Å². The van der Waals surface area contributed by atoms with Crippen LogP contribution in [0.3, 0.4) is 0 Å². The quantitative estimate of drug-likeness (QED) is 0.414. The van der Waals surface area contributed by atoms with E-state index in [-0.39, 0.29) is 11.5 Å². The van der Waals surface area contributed by atoms with Crippen molar-refractivity contribution in [3.8, 4) is 11.3 Å². The summed E-state index contributed by atoms with van der Waals surface area (Å²) in [6.07, 6.45) is 1.35. The topological polar surface area (TPSA) is 71.1 Å². The van der Waals surface area contributed by atoms with Crippen LogP contribution in [0.25, 0.3) is 11.3 Å². The van der Waals surface area contributed by atoms with E-state index < -0.39 is 11.3 Å². The number of benzene rings is 2. The molecule has 0 spiro atoms. The molecule has 0 unspecified atom stereocenters. The molecule has 30 heavy (non-hydrogen) atoms. The molecule has 0 atom stereocenters. The summed E-state index contributed by atoms with van der Waals surface area (Å²) in [5.41, 5.74) is 2.02. The molecule has 0 saturated heterocycles. The van der Waals surface area contributed by atoms with E-state index in [1.165, 1.54) is 17.4 Å². The number of halogens is 1. The number of rotatable bonds is 6. The predicted octanol–water partition coefficient (Wildman–Crippen LogP) is 6.12. The van der Waals surface area contributed by atoms with Gasteiger partial charge in [0.25, 0.3) is 5.91 Å². The summed E-state index contributed by atoms with van der Waals surface area (Å²) in [7, 11) is 0. The van der Waals surface area contributed by atoms with Gasteiger partial charge in [-0.05, 0) is 24.3 Å². The van der Waals surface area contributed by atoms with Crippen molar-refractivity contribution in [1.29, 1.82) is 0 Å². The zero-order valence-electron chi connectivity index (χ0n) is 16.9. The molecule has 2 N–H and O–H groups in total. The molecule has 5 nitrogen and oxygen atoms in total. The maximum Gasteiger partial charge on any atom is 0.273 e. The van der Waals surface area contributed by atoms with Crippen LogP contribution in [-0.4, -0.2) is 16.7 Å². The van der Waals surface area contributed by atoms with Gasteiger partial charge in [0.15, 0.2) is 10.9 Å². The van der Waals surface area contributed by atoms with Gasteiger partial charge in [-0.15, -0.1) is 11.3 Å². The molecule has 0 aliphatic carbocycles. The first-order chi connectivity index (χ1) is 14.2. The lowest BCUT2D eigenvalue weighted by Crippen LogP contribution is -2.24. The first-order valence-corrected chi connectivity index (χ1v) is 11.0. The van der Waals surface area contributed by atoms with Crippen molar-refractivity contribution in [2.45, 2.75) is 20.8 Å². The van der Waals surface area contributed by atoms with Crippen LogP contribution in [0, 0.1) is 5.41 Å². The molecule has 1 amide bonds. The first kappa shape index (κ1) is 21.9. The van der Waals surface area contributed by atoms with Crippen LogP contribution in [0.4, 0.5) is 10.8 Å². The Morgan fingerprint density at radius 2 is 1.67 bits per heavy atom. The lowest BCUT2D eigenvalue weighted by atomic mass is 9.90. The van der Waals surface area contributed by atoms with Crippen molar-refractivity contribution < 1.29 is 9.59 Å². The highest BCUT2D eigenvalue weighted by molar-refractivity contribution is 9.10. The smallest absolute Gasteiger partial charge is 0.273 e. The molecule has 0 radical (unpaired) electrons. The fraction of sp³-hybridized carbons (Fsp3) is 0.174. The minimum atomic E-state index is -0.603. The van der Waals surface area contributed by atoms with E-state index in [2.05, 4.69) is 31.5 Å². The number of carbonyl (C=O) groups excluding carboxylic acids is 2. The van der Waals surface area contributed by atoms with E-state index in [1.807, 2.05) is 80.7 Å². The molecule has 0 bridgehead atoms. The second kappa shape index (κ2) is 9.36. The number of aromatic nitrogens is 1. The minimum absolute atomic E-state index is 0.152. The standard InChI is InChI=1S/C23H22BrN3O2S/c1-23(2,3)20(28)13-18(25-17-11-9-16(24)10-12-17)21(29)27-22-26-19(14-30-22)15-7-5-4-6-8-15/h4-14,25H,1-3H3,(H,26,27,29). The average molecular weight is 484 g/mol. The van der Waals surface area contributed by atoms with Crippen molar-refractivity contribution in [3.05, 3.63) is 76.2 Å². The van der Waals surface area contributed by atoms with Crippen LogP contribution in [0.1, 0.15) is 20.8 Å². The van der Waals surface area contributed by atoms with Crippen LogP contribution in [0.2, 0.25) is 0 Å². The highest BCUT2D eigenvalue weighted by atomic mass is 79.9. The van der Waals surface area contributed by atoms with Gasteiger partial charge in [-0.3, -0.25) is 14.9 Å². The second-order valence-electron chi connectivity index (χ2n) is 7.66. The molecule has 1 aromatic heterocycles. The van der Waals surface area contributed by atoms with Crippen molar-refractivity contribution in [3.63, 3.8) is 0 Å². The summed E-state index contributed by atoms with van der Waals surface area (Å²) < 4.78 is 0.921. The van der Waals surface area contributed by atoms with E-state index in [4.69, 9.17) is 0 Å². The van der Waals surface area contributed by atoms with Gasteiger partial charge >= 0.3 is 0 Å². The van der Waals surface area contributed by atoms with Crippen molar-refractivity contribution >= 4 is 49.8 Å². The van der Waals surface area contributed by atoms with Gasteiger partial charge in [-0.25, -0.2) is 4.98 Å². The van der Waals surface area contributed by atoms with Crippen LogP contribution in [0.5, 0.6) is 0 Å². The number of thiazole rings is 1. The fourth-order valence-corrected chi connectivity index (χ4v) is 3.41. The van der Waals surface area contributed by atoms with Crippen molar-refractivity contribution in [2.24, 2.45) is 5.41 Å². The number of ketones is 1. The third-order valence-corrected chi connectivity index (χ3v) is 5.46. The maximum atomic E-state index is 13.0. The van der Waals surface area contributed by atoms with E-state index in [0.29, 0.717) is 10.8 Å². The van der Waals surface area contributed by atoms with Crippen LogP contribution in [-0.2, 0) is 9.59 Å². The molecule has 3 aromatic rings. The number of hydrogen-bond donors (Lipinski definition) is 2. The van der Waals surface area contributed by atoms with Gasteiger partial charge in [-0.2, -0.15) is 0 Å². The monoisotopic (exact) mass is 483 g/mol. The number of nitrogens with one attached hydrogen (secondary N) is 2. The number of hydrogen-bond acceptors (Lipinski definition) is 5. The third kappa shape index (κ3) is 5.87. The molecule has 154 valence electrons. The van der Waals surface area contributed by atoms with Gasteiger partial charge < -0.3 is 5.32 Å². The van der Waals surface area contributed by atoms with Gasteiger partial charge in [0, 0.05) is 32.6 Å². The number of amides is 1. The first-order valence-electron chi connectivity index (χ1n) is 9.33. The van der Waals surface area contributed by atoms with Gasteiger partial charge in [0.2, 0.25) is 0 Å². The highest BCUT2D eigenvalue weighted by Crippen LogP contribution is 2.25. The maximum absolute atomic E-state index is 13.0. The van der Waals surface area contributed by atoms with Gasteiger partial charge in [-0.1, -0.05) is 67.0 Å². The Morgan fingerprint density at radius 3 is 2.30 bits per heavy atom. The molecule has 0 fully saturated rings. The van der Waals surface area contributed by atoms with E-state index in [0.717, 1.165) is 15.7 Å². The molecular formula is C23H22BrN3O2S. The lowest BCUT2D eigenvalue weighted by molar-refractivity contribution is -0.122. The normalized spacial score (nSPS) is 11.8. The van der Waals surface area contributed by atoms with Gasteiger partial charge in [0.05, 0.1) is 5.69 Å². The summed E-state index contributed by atoms with van der Waals surface area (Å²) in [6.45, 7) is 5.44. The lowest BCUT2D eigenvalue weighted by Gasteiger charge is -2.16. The van der Waals surface area contributed by atoms with Crippen LogP contribution in [0.15, 0.2) is 76.2 Å². The summed E-state index contributed by atoms with van der Waals surface area (Å²) in [6, 6.07) is 17.1. The minimum Gasteiger partial charge on any atom is -0.351 e. The van der Waals surface area contributed by atoms with E-state index in [9.17, 15) is 9.59 Å². The SMILES string of the molecule is CC(C)(C)C(=O)C=C(Nc1ccc(Br)cc1)C(=O)Nc1nc(-c2ccccc2)cs1. The predicted molar refractivity (Wildman–Crippen MR) is 126 cm³/mol. The largest absolute Gasteiger partial charge is 0.351 e. The zero-order chi connectivity index (χ0) is 21.7. The Bertz CT molecular complexity index is 1070. The average Bonchev–Trinajstić information content (AvgIpc) is 3.17. The number of carbonyl (C=O) groups is 2. The Labute approximate surface area is 188 Å². The number of nitrogens with zero attached hydrogens (tertiary/aromatic N) is 1. The molecule has 1 heterocycles. The van der Waals surface area contributed by atoms with Crippen LogP contribution < -0.4 is 10.6 Å². The van der Waals surface area contributed by atoms with Gasteiger partial charge in [0.1, 0.15) is 5.70 Å². The molecule has 0 aliphatic rings. The summed E-state index contributed by atoms with van der Waals surface area (Å²) in [4.78, 5) is 30.0. The zero-order valence-corrected chi connectivity index (χ0v) is 19.3. The number of anilines is 2. The second-order valence-corrected chi connectivity index (χ2v) is 9.44. The molecule has 0 saturated carbocycles. The Balaban J connectivity index is 1.83. The summed E-state index contributed by atoms with van der Waals surface area (Å²) in [5, 5.41) is 8.20. The fourth-order valence-electron chi connectivity index (χ4n) is 2.43. The third-order valence-electron chi connectivity index (χ3n) is 4.18. The van der Waals surface area contributed by atoms with Crippen LogP contribution >= 0.6 is 27.3 Å².